The second kappa shape index (κ2) is 6.63. The molecule has 132 valence electrons. The predicted octanol–water partition coefficient (Wildman–Crippen LogP) is 2.35. The first-order chi connectivity index (χ1) is 12.6. The molecule has 2 atom stereocenters. The third-order valence-electron chi connectivity index (χ3n) is 5.06. The van der Waals surface area contributed by atoms with Crippen LogP contribution in [0.5, 0.6) is 5.88 Å². The average Bonchev–Trinajstić information content (AvgIpc) is 3.00. The fraction of sp³-hybridized carbons (Fsp3) is 0.250. The van der Waals surface area contributed by atoms with E-state index in [-0.39, 0.29) is 23.6 Å². The molecule has 0 aliphatic heterocycles. The molecular formula is C20H20N4O2. The van der Waals surface area contributed by atoms with Crippen LogP contribution in [0, 0.1) is 5.92 Å². The third kappa shape index (κ3) is 2.83. The van der Waals surface area contributed by atoms with Crippen molar-refractivity contribution >= 4 is 5.91 Å². The van der Waals surface area contributed by atoms with Crippen molar-refractivity contribution in [2.24, 2.45) is 11.7 Å². The highest BCUT2D eigenvalue weighted by atomic mass is 16.3. The summed E-state index contributed by atoms with van der Waals surface area (Å²) in [5.41, 5.74) is 8.29. The van der Waals surface area contributed by atoms with Gasteiger partial charge in [0, 0.05) is 11.8 Å². The molecule has 1 amide bonds. The van der Waals surface area contributed by atoms with Crippen LogP contribution in [0.3, 0.4) is 0 Å². The summed E-state index contributed by atoms with van der Waals surface area (Å²) in [6, 6.07) is 15.1. The highest BCUT2D eigenvalue weighted by Gasteiger charge is 2.34. The summed E-state index contributed by atoms with van der Waals surface area (Å²) in [6.07, 6.45) is 3.73. The molecule has 0 saturated carbocycles. The number of amides is 1. The van der Waals surface area contributed by atoms with Crippen LogP contribution >= 0.6 is 0 Å². The number of aromatic nitrogens is 3. The fourth-order valence-electron chi connectivity index (χ4n) is 3.83. The van der Waals surface area contributed by atoms with Crippen LogP contribution in [0.1, 0.15) is 29.2 Å². The first-order valence-corrected chi connectivity index (χ1v) is 8.70. The Bertz CT molecular complexity index is 922. The van der Waals surface area contributed by atoms with Crippen molar-refractivity contribution in [2.45, 2.75) is 25.2 Å². The van der Waals surface area contributed by atoms with Gasteiger partial charge in [0.05, 0.1) is 11.6 Å². The van der Waals surface area contributed by atoms with Gasteiger partial charge in [-0.05, 0) is 42.9 Å². The second-order valence-corrected chi connectivity index (χ2v) is 6.64. The number of hydrogen-bond donors (Lipinski definition) is 2. The van der Waals surface area contributed by atoms with Crippen molar-refractivity contribution in [1.29, 1.82) is 0 Å². The van der Waals surface area contributed by atoms with E-state index in [1.54, 1.807) is 12.3 Å². The van der Waals surface area contributed by atoms with E-state index in [4.69, 9.17) is 5.73 Å². The molecule has 0 saturated heterocycles. The summed E-state index contributed by atoms with van der Waals surface area (Å²) in [4.78, 5) is 16.4. The van der Waals surface area contributed by atoms with Gasteiger partial charge in [0.1, 0.15) is 0 Å². The Morgan fingerprint density at radius 1 is 1.19 bits per heavy atom. The summed E-state index contributed by atoms with van der Waals surface area (Å²) >= 11 is 0. The number of carbonyl (C=O) groups excluding carboxylic acids is 1. The van der Waals surface area contributed by atoms with Gasteiger partial charge in [0.2, 0.25) is 11.8 Å². The van der Waals surface area contributed by atoms with Crippen LogP contribution in [-0.4, -0.2) is 25.8 Å². The van der Waals surface area contributed by atoms with Crippen LogP contribution in [0.4, 0.5) is 0 Å². The lowest BCUT2D eigenvalue weighted by Crippen LogP contribution is -2.31. The van der Waals surface area contributed by atoms with Gasteiger partial charge < -0.3 is 10.8 Å². The fourth-order valence-corrected chi connectivity index (χ4v) is 3.83. The Morgan fingerprint density at radius 3 is 2.65 bits per heavy atom. The van der Waals surface area contributed by atoms with Crippen LogP contribution in [0.15, 0.2) is 54.7 Å². The Balaban J connectivity index is 1.67. The molecule has 3 N–H and O–H groups in total. The number of nitrogens with two attached hydrogens (primary N) is 1. The van der Waals surface area contributed by atoms with Gasteiger partial charge in [-0.15, -0.1) is 0 Å². The standard InChI is InChI=1S/C20H20N4O2/c21-19(25)18(13-6-2-1-3-7-13)14-9-10-16-15(12-14)20(26)24(23-16)17-8-4-5-11-22-17/h1-8,11,14,18,26H,9-10,12H2,(H2,21,25). The zero-order chi connectivity index (χ0) is 18.1. The van der Waals surface area contributed by atoms with Gasteiger partial charge in [0.15, 0.2) is 5.82 Å². The number of aromatic hydroxyl groups is 1. The van der Waals surface area contributed by atoms with Gasteiger partial charge >= 0.3 is 0 Å². The maximum Gasteiger partial charge on any atom is 0.225 e. The van der Waals surface area contributed by atoms with Gasteiger partial charge in [0.25, 0.3) is 0 Å². The predicted molar refractivity (Wildman–Crippen MR) is 96.9 cm³/mol. The van der Waals surface area contributed by atoms with Crippen molar-refractivity contribution in [1.82, 2.24) is 14.8 Å². The van der Waals surface area contributed by atoms with E-state index in [0.717, 1.165) is 23.2 Å². The molecule has 1 aliphatic carbocycles. The van der Waals surface area contributed by atoms with Crippen LogP contribution in [0.2, 0.25) is 0 Å². The lowest BCUT2D eigenvalue weighted by atomic mass is 9.75. The summed E-state index contributed by atoms with van der Waals surface area (Å²) in [7, 11) is 0. The van der Waals surface area contributed by atoms with E-state index in [1.807, 2.05) is 42.5 Å². The minimum Gasteiger partial charge on any atom is -0.493 e. The zero-order valence-corrected chi connectivity index (χ0v) is 14.2. The number of hydrogen-bond acceptors (Lipinski definition) is 4. The molecule has 2 aromatic heterocycles. The van der Waals surface area contributed by atoms with Crippen molar-refractivity contribution in [2.75, 3.05) is 0 Å². The number of benzene rings is 1. The van der Waals surface area contributed by atoms with E-state index in [1.165, 1.54) is 4.68 Å². The molecule has 1 aromatic carbocycles. The smallest absolute Gasteiger partial charge is 0.225 e. The van der Waals surface area contributed by atoms with Crippen LogP contribution < -0.4 is 5.73 Å². The lowest BCUT2D eigenvalue weighted by molar-refractivity contribution is -0.120. The Kier molecular flexibility index (Phi) is 4.16. The number of primary amides is 1. The molecule has 4 rings (SSSR count). The van der Waals surface area contributed by atoms with E-state index in [9.17, 15) is 9.90 Å². The Hall–Kier alpha value is -3.15. The maximum absolute atomic E-state index is 12.2. The highest BCUT2D eigenvalue weighted by Crippen LogP contribution is 2.39. The first-order valence-electron chi connectivity index (χ1n) is 8.70. The minimum atomic E-state index is -0.373. The van der Waals surface area contributed by atoms with Crippen molar-refractivity contribution in [3.05, 3.63) is 71.5 Å². The molecule has 3 aromatic rings. The summed E-state index contributed by atoms with van der Waals surface area (Å²) in [5.74, 6) is 0.00281. The first kappa shape index (κ1) is 16.3. The zero-order valence-electron chi connectivity index (χ0n) is 14.2. The molecule has 2 unspecified atom stereocenters. The molecule has 0 fully saturated rings. The quantitative estimate of drug-likeness (QED) is 0.757. The number of fused-ring (bicyclic) bond motifs is 1. The molecule has 0 bridgehead atoms. The normalized spacial score (nSPS) is 17.5. The number of rotatable bonds is 4. The SMILES string of the molecule is NC(=O)C(c1ccccc1)C1CCc2nn(-c3ccccn3)c(O)c2C1. The number of carbonyl (C=O) groups is 1. The molecule has 0 spiro atoms. The summed E-state index contributed by atoms with van der Waals surface area (Å²) in [5, 5.41) is 15.2. The molecular weight excluding hydrogens is 328 g/mol. The van der Waals surface area contributed by atoms with Gasteiger partial charge in [-0.1, -0.05) is 36.4 Å². The topological polar surface area (TPSA) is 94.0 Å². The molecule has 1 aliphatic rings. The largest absolute Gasteiger partial charge is 0.493 e. The molecule has 6 heteroatoms. The number of aryl methyl sites for hydroxylation is 1. The molecule has 0 radical (unpaired) electrons. The van der Waals surface area contributed by atoms with E-state index < -0.39 is 0 Å². The monoisotopic (exact) mass is 348 g/mol. The summed E-state index contributed by atoms with van der Waals surface area (Å²) < 4.78 is 1.47. The Labute approximate surface area is 151 Å². The van der Waals surface area contributed by atoms with Crippen LogP contribution in [-0.2, 0) is 17.6 Å². The highest BCUT2D eigenvalue weighted by molar-refractivity contribution is 5.82. The van der Waals surface area contributed by atoms with Crippen molar-refractivity contribution in [3.63, 3.8) is 0 Å². The van der Waals surface area contributed by atoms with Gasteiger partial charge in [-0.25, -0.2) is 4.98 Å². The molecule has 26 heavy (non-hydrogen) atoms. The maximum atomic E-state index is 12.2. The van der Waals surface area contributed by atoms with E-state index >= 15 is 0 Å². The third-order valence-corrected chi connectivity index (χ3v) is 5.06. The molecule has 6 nitrogen and oxygen atoms in total. The van der Waals surface area contributed by atoms with Crippen molar-refractivity contribution < 1.29 is 9.90 Å². The second-order valence-electron chi connectivity index (χ2n) is 6.64. The van der Waals surface area contributed by atoms with Gasteiger partial charge in [-0.2, -0.15) is 9.78 Å². The summed E-state index contributed by atoms with van der Waals surface area (Å²) in [6.45, 7) is 0. The lowest BCUT2D eigenvalue weighted by Gasteiger charge is -2.28. The number of pyridine rings is 1. The van der Waals surface area contributed by atoms with E-state index in [2.05, 4.69) is 10.1 Å². The minimum absolute atomic E-state index is 0.0367. The van der Waals surface area contributed by atoms with Crippen molar-refractivity contribution in [3.8, 4) is 11.7 Å². The number of nitrogens with zero attached hydrogens (tertiary/aromatic N) is 3. The molecule has 2 heterocycles. The average molecular weight is 348 g/mol. The van der Waals surface area contributed by atoms with Gasteiger partial charge in [-0.3, -0.25) is 4.79 Å². The Morgan fingerprint density at radius 2 is 1.96 bits per heavy atom. The van der Waals surface area contributed by atoms with Crippen LogP contribution in [0.25, 0.3) is 5.82 Å². The van der Waals surface area contributed by atoms with E-state index in [0.29, 0.717) is 18.7 Å².